The third kappa shape index (κ3) is 4.33. The van der Waals surface area contributed by atoms with Crippen LogP contribution in [0.5, 0.6) is 0 Å². The first-order chi connectivity index (χ1) is 5.93. The second-order valence-corrected chi connectivity index (χ2v) is 4.54. The third-order valence-electron chi connectivity index (χ3n) is 2.24. The lowest BCUT2D eigenvalue weighted by Gasteiger charge is -2.09. The summed E-state index contributed by atoms with van der Waals surface area (Å²) in [6.45, 7) is 3.53. The second-order valence-electron chi connectivity index (χ2n) is 3.39. The van der Waals surface area contributed by atoms with Crippen LogP contribution in [0.15, 0.2) is 0 Å². The lowest BCUT2D eigenvalue weighted by molar-refractivity contribution is 0.514. The van der Waals surface area contributed by atoms with Crippen molar-refractivity contribution in [1.29, 1.82) is 0 Å². The highest BCUT2D eigenvalue weighted by Gasteiger charge is 2.13. The van der Waals surface area contributed by atoms with E-state index < -0.39 is 0 Å². The Morgan fingerprint density at radius 3 is 3.00 bits per heavy atom. The lowest BCUT2D eigenvalue weighted by Crippen LogP contribution is -2.25. The molecule has 1 aliphatic heterocycles. The Morgan fingerprint density at radius 2 is 2.33 bits per heavy atom. The van der Waals surface area contributed by atoms with E-state index in [2.05, 4.69) is 22.4 Å². The molecule has 0 spiro atoms. The smallest absolute Gasteiger partial charge is 0.00123 e. The molecule has 1 rings (SSSR count). The normalized spacial score (nSPS) is 23.2. The summed E-state index contributed by atoms with van der Waals surface area (Å²) in [7, 11) is 2.01. The molecule has 1 fully saturated rings. The maximum atomic E-state index is 3.51. The van der Waals surface area contributed by atoms with Gasteiger partial charge in [0.2, 0.25) is 0 Å². The fourth-order valence-electron chi connectivity index (χ4n) is 1.44. The van der Waals surface area contributed by atoms with Crippen LogP contribution in [0.1, 0.15) is 12.8 Å². The maximum Gasteiger partial charge on any atom is -0.00123 e. The van der Waals surface area contributed by atoms with E-state index in [4.69, 9.17) is 0 Å². The number of hydrogen-bond acceptors (Lipinski definition) is 3. The fraction of sp³-hybridized carbons (Fsp3) is 1.00. The Bertz CT molecular complexity index is 103. The van der Waals surface area contributed by atoms with Gasteiger partial charge in [0.15, 0.2) is 0 Å². The minimum atomic E-state index is 0.949. The van der Waals surface area contributed by atoms with Crippen molar-refractivity contribution >= 4 is 11.8 Å². The van der Waals surface area contributed by atoms with Gasteiger partial charge in [-0.3, -0.25) is 0 Å². The van der Waals surface area contributed by atoms with Crippen LogP contribution in [-0.4, -0.2) is 38.2 Å². The first kappa shape index (κ1) is 10.4. The van der Waals surface area contributed by atoms with E-state index in [-0.39, 0.29) is 0 Å². The van der Waals surface area contributed by atoms with Gasteiger partial charge in [-0.1, -0.05) is 0 Å². The zero-order valence-electron chi connectivity index (χ0n) is 7.94. The Labute approximate surface area is 79.9 Å². The highest BCUT2D eigenvalue weighted by Crippen LogP contribution is 2.22. The molecule has 12 heavy (non-hydrogen) atoms. The molecule has 1 saturated heterocycles. The fourth-order valence-corrected chi connectivity index (χ4v) is 2.73. The molecule has 0 bridgehead atoms. The summed E-state index contributed by atoms with van der Waals surface area (Å²) in [5.41, 5.74) is 0. The molecule has 0 aromatic carbocycles. The van der Waals surface area contributed by atoms with Crippen molar-refractivity contribution in [2.75, 3.05) is 38.2 Å². The molecule has 0 aromatic heterocycles. The predicted molar refractivity (Wildman–Crippen MR) is 56.8 cm³/mol. The van der Waals surface area contributed by atoms with E-state index in [1.54, 1.807) is 0 Å². The predicted octanol–water partition coefficient (Wildman–Crippen LogP) is 0.939. The molecule has 1 unspecified atom stereocenters. The maximum absolute atomic E-state index is 3.51. The van der Waals surface area contributed by atoms with E-state index in [9.17, 15) is 0 Å². The van der Waals surface area contributed by atoms with Gasteiger partial charge in [0.05, 0.1) is 0 Å². The minimum absolute atomic E-state index is 0.949. The Balaban J connectivity index is 1.81. The number of thioether (sulfide) groups is 1. The van der Waals surface area contributed by atoms with Gasteiger partial charge in [-0.05, 0) is 56.9 Å². The van der Waals surface area contributed by atoms with Gasteiger partial charge in [0.25, 0.3) is 0 Å². The average Bonchev–Trinajstić information content (AvgIpc) is 2.57. The average molecular weight is 188 g/mol. The topological polar surface area (TPSA) is 24.1 Å². The summed E-state index contributed by atoms with van der Waals surface area (Å²) in [5.74, 6) is 3.70. The molecule has 0 saturated carbocycles. The lowest BCUT2D eigenvalue weighted by atomic mass is 10.1. The van der Waals surface area contributed by atoms with Crippen LogP contribution in [0.25, 0.3) is 0 Å². The molecule has 0 radical (unpaired) electrons. The van der Waals surface area contributed by atoms with Crippen molar-refractivity contribution in [1.82, 2.24) is 10.6 Å². The number of nitrogens with one attached hydrogen (secondary N) is 2. The Hall–Kier alpha value is 0.270. The van der Waals surface area contributed by atoms with Crippen LogP contribution in [0.2, 0.25) is 0 Å². The molecule has 1 aliphatic rings. The van der Waals surface area contributed by atoms with E-state index in [0.717, 1.165) is 12.5 Å². The highest BCUT2D eigenvalue weighted by atomic mass is 32.2. The van der Waals surface area contributed by atoms with Crippen molar-refractivity contribution in [3.05, 3.63) is 0 Å². The van der Waals surface area contributed by atoms with Crippen LogP contribution in [0, 0.1) is 5.92 Å². The van der Waals surface area contributed by atoms with Crippen molar-refractivity contribution in [3.63, 3.8) is 0 Å². The quantitative estimate of drug-likeness (QED) is 0.607. The van der Waals surface area contributed by atoms with E-state index in [1.165, 1.54) is 37.4 Å². The third-order valence-corrected chi connectivity index (χ3v) is 3.47. The van der Waals surface area contributed by atoms with Gasteiger partial charge in [-0.25, -0.2) is 0 Å². The highest BCUT2D eigenvalue weighted by molar-refractivity contribution is 7.99. The Kier molecular flexibility index (Phi) is 5.82. The van der Waals surface area contributed by atoms with E-state index in [0.29, 0.717) is 0 Å². The van der Waals surface area contributed by atoms with Crippen LogP contribution >= 0.6 is 11.8 Å². The molecular formula is C9H20N2S. The van der Waals surface area contributed by atoms with Gasteiger partial charge < -0.3 is 10.6 Å². The first-order valence-corrected chi connectivity index (χ1v) is 6.02. The van der Waals surface area contributed by atoms with E-state index >= 15 is 0 Å². The molecule has 0 amide bonds. The monoisotopic (exact) mass is 188 g/mol. The molecular weight excluding hydrogens is 168 g/mol. The molecule has 72 valence electrons. The summed E-state index contributed by atoms with van der Waals surface area (Å²) < 4.78 is 0. The summed E-state index contributed by atoms with van der Waals surface area (Å²) in [6.07, 6.45) is 2.67. The van der Waals surface area contributed by atoms with Crippen molar-refractivity contribution in [2.24, 2.45) is 5.92 Å². The number of rotatable bonds is 6. The van der Waals surface area contributed by atoms with Gasteiger partial charge in [0, 0.05) is 0 Å². The zero-order valence-corrected chi connectivity index (χ0v) is 8.75. The molecule has 1 atom stereocenters. The summed E-state index contributed by atoms with van der Waals surface area (Å²) in [4.78, 5) is 0. The van der Waals surface area contributed by atoms with E-state index in [1.807, 2.05) is 7.05 Å². The minimum Gasteiger partial charge on any atom is -0.320 e. The molecule has 0 aliphatic carbocycles. The molecule has 0 aromatic rings. The van der Waals surface area contributed by atoms with Gasteiger partial charge >= 0.3 is 0 Å². The van der Waals surface area contributed by atoms with Gasteiger partial charge in [0.1, 0.15) is 0 Å². The standard InChI is InChI=1S/C9H20N2S/c1-10-4-2-5-11-7-9-3-6-12-8-9/h9-11H,2-8H2,1H3. The number of hydrogen-bond donors (Lipinski definition) is 2. The molecule has 2 nitrogen and oxygen atoms in total. The van der Waals surface area contributed by atoms with Crippen molar-refractivity contribution in [2.45, 2.75) is 12.8 Å². The van der Waals surface area contributed by atoms with Gasteiger partial charge in [-0.15, -0.1) is 0 Å². The molecule has 2 N–H and O–H groups in total. The Morgan fingerprint density at radius 1 is 1.42 bits per heavy atom. The summed E-state index contributed by atoms with van der Waals surface area (Å²) >= 11 is 2.10. The summed E-state index contributed by atoms with van der Waals surface area (Å²) in [5, 5.41) is 6.66. The van der Waals surface area contributed by atoms with Crippen molar-refractivity contribution in [3.8, 4) is 0 Å². The van der Waals surface area contributed by atoms with Crippen LogP contribution in [-0.2, 0) is 0 Å². The second kappa shape index (κ2) is 6.75. The largest absolute Gasteiger partial charge is 0.320 e. The SMILES string of the molecule is CNCCCNCC1CCSC1. The first-order valence-electron chi connectivity index (χ1n) is 4.86. The zero-order chi connectivity index (χ0) is 8.65. The summed E-state index contributed by atoms with van der Waals surface area (Å²) in [6, 6.07) is 0. The van der Waals surface area contributed by atoms with Crippen molar-refractivity contribution < 1.29 is 0 Å². The van der Waals surface area contributed by atoms with Crippen LogP contribution in [0.3, 0.4) is 0 Å². The van der Waals surface area contributed by atoms with Crippen LogP contribution < -0.4 is 10.6 Å². The molecule has 1 heterocycles. The van der Waals surface area contributed by atoms with Crippen LogP contribution in [0.4, 0.5) is 0 Å². The van der Waals surface area contributed by atoms with Gasteiger partial charge in [-0.2, -0.15) is 11.8 Å². The molecule has 3 heteroatoms.